The lowest BCUT2D eigenvalue weighted by molar-refractivity contribution is 0.319. The zero-order valence-corrected chi connectivity index (χ0v) is 11.0. The SMILES string of the molecule is CCOc1ccccc1Oc1ccc(CCN)cn1. The molecule has 0 aliphatic heterocycles. The van der Waals surface area contributed by atoms with Gasteiger partial charge in [-0.25, -0.2) is 4.98 Å². The second kappa shape index (κ2) is 6.75. The Balaban J connectivity index is 2.12. The van der Waals surface area contributed by atoms with Crippen LogP contribution in [0.15, 0.2) is 42.6 Å². The molecule has 1 aromatic carbocycles. The molecule has 2 rings (SSSR count). The second-order valence-corrected chi connectivity index (χ2v) is 4.03. The molecule has 0 aliphatic carbocycles. The zero-order valence-electron chi connectivity index (χ0n) is 11.0. The highest BCUT2D eigenvalue weighted by Gasteiger charge is 2.05. The molecule has 0 fully saturated rings. The van der Waals surface area contributed by atoms with E-state index in [1.807, 2.05) is 43.3 Å². The molecule has 4 heteroatoms. The molecule has 0 saturated carbocycles. The minimum atomic E-state index is 0.549. The van der Waals surface area contributed by atoms with Gasteiger partial charge in [0.05, 0.1) is 6.61 Å². The van der Waals surface area contributed by atoms with Crippen LogP contribution in [0.25, 0.3) is 0 Å². The van der Waals surface area contributed by atoms with Crippen LogP contribution in [-0.4, -0.2) is 18.1 Å². The van der Waals surface area contributed by atoms with E-state index in [2.05, 4.69) is 4.98 Å². The molecule has 0 unspecified atom stereocenters. The molecule has 0 bridgehead atoms. The lowest BCUT2D eigenvalue weighted by Gasteiger charge is -2.10. The predicted molar refractivity (Wildman–Crippen MR) is 74.7 cm³/mol. The molecule has 1 heterocycles. The van der Waals surface area contributed by atoms with E-state index in [1.54, 1.807) is 6.20 Å². The van der Waals surface area contributed by atoms with Crippen molar-refractivity contribution >= 4 is 0 Å². The molecule has 100 valence electrons. The van der Waals surface area contributed by atoms with E-state index in [0.717, 1.165) is 17.7 Å². The average molecular weight is 258 g/mol. The Morgan fingerprint density at radius 2 is 1.89 bits per heavy atom. The van der Waals surface area contributed by atoms with Crippen molar-refractivity contribution in [2.75, 3.05) is 13.2 Å². The van der Waals surface area contributed by atoms with Gasteiger partial charge in [-0.15, -0.1) is 0 Å². The summed E-state index contributed by atoms with van der Waals surface area (Å²) in [5.41, 5.74) is 6.60. The molecule has 4 nitrogen and oxygen atoms in total. The van der Waals surface area contributed by atoms with Gasteiger partial charge in [-0.2, -0.15) is 0 Å². The first-order valence-electron chi connectivity index (χ1n) is 6.38. The quantitative estimate of drug-likeness (QED) is 0.865. The largest absolute Gasteiger partial charge is 0.490 e. The number of benzene rings is 1. The summed E-state index contributed by atoms with van der Waals surface area (Å²) in [6.45, 7) is 3.16. The zero-order chi connectivity index (χ0) is 13.5. The number of hydrogen-bond acceptors (Lipinski definition) is 4. The van der Waals surface area contributed by atoms with Gasteiger partial charge in [0.2, 0.25) is 5.88 Å². The maximum Gasteiger partial charge on any atom is 0.219 e. The Hall–Kier alpha value is -2.07. The summed E-state index contributed by atoms with van der Waals surface area (Å²) in [5, 5.41) is 0. The fourth-order valence-electron chi connectivity index (χ4n) is 1.71. The number of rotatable bonds is 6. The Morgan fingerprint density at radius 3 is 2.53 bits per heavy atom. The highest BCUT2D eigenvalue weighted by Crippen LogP contribution is 2.30. The molecule has 1 aromatic heterocycles. The van der Waals surface area contributed by atoms with Crippen LogP contribution in [0.3, 0.4) is 0 Å². The lowest BCUT2D eigenvalue weighted by Crippen LogP contribution is -2.03. The first-order valence-corrected chi connectivity index (χ1v) is 6.38. The van der Waals surface area contributed by atoms with Crippen LogP contribution in [0.1, 0.15) is 12.5 Å². The first kappa shape index (κ1) is 13.4. The van der Waals surface area contributed by atoms with E-state index in [4.69, 9.17) is 15.2 Å². The number of nitrogens with two attached hydrogens (primary N) is 1. The molecule has 2 N–H and O–H groups in total. The maximum absolute atomic E-state index is 5.73. The van der Waals surface area contributed by atoms with Gasteiger partial charge in [-0.3, -0.25) is 0 Å². The van der Waals surface area contributed by atoms with Crippen molar-refractivity contribution in [1.82, 2.24) is 4.98 Å². The van der Waals surface area contributed by atoms with Crippen LogP contribution in [0, 0.1) is 0 Å². The summed E-state index contributed by atoms with van der Waals surface area (Å²) in [6, 6.07) is 11.4. The third-order valence-corrected chi connectivity index (χ3v) is 2.59. The summed E-state index contributed by atoms with van der Waals surface area (Å²) >= 11 is 0. The van der Waals surface area contributed by atoms with Gasteiger partial charge >= 0.3 is 0 Å². The minimum absolute atomic E-state index is 0.549. The third-order valence-electron chi connectivity index (χ3n) is 2.59. The van der Waals surface area contributed by atoms with Crippen LogP contribution in [-0.2, 0) is 6.42 Å². The summed E-state index contributed by atoms with van der Waals surface area (Å²) in [7, 11) is 0. The van der Waals surface area contributed by atoms with Crippen molar-refractivity contribution in [2.24, 2.45) is 5.73 Å². The Morgan fingerprint density at radius 1 is 1.11 bits per heavy atom. The fraction of sp³-hybridized carbons (Fsp3) is 0.267. The van der Waals surface area contributed by atoms with E-state index in [9.17, 15) is 0 Å². The van der Waals surface area contributed by atoms with Gasteiger partial charge in [0.1, 0.15) is 0 Å². The van der Waals surface area contributed by atoms with E-state index in [1.165, 1.54) is 0 Å². The average Bonchev–Trinajstić information content (AvgIpc) is 2.44. The van der Waals surface area contributed by atoms with Crippen LogP contribution in [0.4, 0.5) is 0 Å². The molecule has 0 saturated heterocycles. The Kier molecular flexibility index (Phi) is 4.75. The topological polar surface area (TPSA) is 57.4 Å². The maximum atomic E-state index is 5.73. The number of aromatic nitrogens is 1. The Labute approximate surface area is 113 Å². The van der Waals surface area contributed by atoms with Gasteiger partial charge in [0, 0.05) is 12.3 Å². The van der Waals surface area contributed by atoms with E-state index in [-0.39, 0.29) is 0 Å². The molecule has 0 atom stereocenters. The first-order chi connectivity index (χ1) is 9.33. The lowest BCUT2D eigenvalue weighted by atomic mass is 10.2. The standard InChI is InChI=1S/C15H18N2O2/c1-2-18-13-5-3-4-6-14(13)19-15-8-7-12(9-10-16)11-17-15/h3-8,11H,2,9-10,16H2,1H3. The van der Waals surface area contributed by atoms with Gasteiger partial charge in [0.15, 0.2) is 11.5 Å². The van der Waals surface area contributed by atoms with Crippen LogP contribution in [0.2, 0.25) is 0 Å². The van der Waals surface area contributed by atoms with E-state index < -0.39 is 0 Å². The summed E-state index contributed by atoms with van der Waals surface area (Å²) < 4.78 is 11.2. The van der Waals surface area contributed by atoms with Crippen molar-refractivity contribution in [3.8, 4) is 17.4 Å². The van der Waals surface area contributed by atoms with Gasteiger partial charge in [-0.1, -0.05) is 18.2 Å². The molecule has 0 spiro atoms. The minimum Gasteiger partial charge on any atom is -0.490 e. The number of pyridine rings is 1. The highest BCUT2D eigenvalue weighted by atomic mass is 16.5. The van der Waals surface area contributed by atoms with Crippen molar-refractivity contribution in [2.45, 2.75) is 13.3 Å². The summed E-state index contributed by atoms with van der Waals surface area (Å²) in [4.78, 5) is 4.26. The van der Waals surface area contributed by atoms with Crippen molar-refractivity contribution in [3.05, 3.63) is 48.2 Å². The normalized spacial score (nSPS) is 10.2. The van der Waals surface area contributed by atoms with Crippen molar-refractivity contribution < 1.29 is 9.47 Å². The van der Waals surface area contributed by atoms with Crippen LogP contribution >= 0.6 is 0 Å². The molecule has 19 heavy (non-hydrogen) atoms. The number of hydrogen-bond donors (Lipinski definition) is 1. The number of nitrogens with zero attached hydrogens (tertiary/aromatic N) is 1. The number of para-hydroxylation sites is 2. The molecule has 0 radical (unpaired) electrons. The third kappa shape index (κ3) is 3.69. The van der Waals surface area contributed by atoms with E-state index >= 15 is 0 Å². The molecular formula is C15H18N2O2. The molecular weight excluding hydrogens is 240 g/mol. The van der Waals surface area contributed by atoms with E-state index in [0.29, 0.717) is 24.8 Å². The summed E-state index contributed by atoms with van der Waals surface area (Å²) in [5.74, 6) is 1.94. The fourth-order valence-corrected chi connectivity index (χ4v) is 1.71. The van der Waals surface area contributed by atoms with Crippen molar-refractivity contribution in [3.63, 3.8) is 0 Å². The van der Waals surface area contributed by atoms with Gasteiger partial charge in [0.25, 0.3) is 0 Å². The second-order valence-electron chi connectivity index (χ2n) is 4.03. The molecule has 0 amide bonds. The van der Waals surface area contributed by atoms with Gasteiger partial charge in [-0.05, 0) is 37.6 Å². The smallest absolute Gasteiger partial charge is 0.219 e. The van der Waals surface area contributed by atoms with Crippen molar-refractivity contribution in [1.29, 1.82) is 0 Å². The highest BCUT2D eigenvalue weighted by molar-refractivity contribution is 5.41. The summed E-state index contributed by atoms with van der Waals surface area (Å²) in [6.07, 6.45) is 2.61. The van der Waals surface area contributed by atoms with Crippen LogP contribution in [0.5, 0.6) is 17.4 Å². The monoisotopic (exact) mass is 258 g/mol. The molecule has 2 aromatic rings. The van der Waals surface area contributed by atoms with Crippen LogP contribution < -0.4 is 15.2 Å². The predicted octanol–water partition coefficient (Wildman–Crippen LogP) is 2.77. The molecule has 0 aliphatic rings. The van der Waals surface area contributed by atoms with Gasteiger partial charge < -0.3 is 15.2 Å². The number of ether oxygens (including phenoxy) is 2. The Bertz CT molecular complexity index is 512.